The van der Waals surface area contributed by atoms with Crippen molar-refractivity contribution >= 4 is 17.4 Å². The van der Waals surface area contributed by atoms with E-state index in [0.717, 1.165) is 41.1 Å². The lowest BCUT2D eigenvalue weighted by Crippen LogP contribution is -2.14. The molecule has 3 nitrogen and oxygen atoms in total. The number of aryl methyl sites for hydroxylation is 1. The Kier molecular flexibility index (Phi) is 3.77. The topological polar surface area (TPSA) is 31.2 Å². The quantitative estimate of drug-likeness (QED) is 0.857. The third kappa shape index (κ3) is 2.46. The van der Waals surface area contributed by atoms with Crippen molar-refractivity contribution in [3.05, 3.63) is 51.8 Å². The van der Waals surface area contributed by atoms with Gasteiger partial charge in [-0.05, 0) is 38.0 Å². The Morgan fingerprint density at radius 2 is 2.14 bits per heavy atom. The summed E-state index contributed by atoms with van der Waals surface area (Å²) in [6.45, 7) is 2.67. The Labute approximate surface area is 129 Å². The van der Waals surface area contributed by atoms with Gasteiger partial charge in [0.15, 0.2) is 5.78 Å². The molecule has 1 aliphatic rings. The molecule has 0 saturated carbocycles. The molecule has 21 heavy (non-hydrogen) atoms. The van der Waals surface area contributed by atoms with E-state index in [1.807, 2.05) is 31.2 Å². The van der Waals surface area contributed by atoms with Gasteiger partial charge in [0.05, 0.1) is 13.7 Å². The summed E-state index contributed by atoms with van der Waals surface area (Å²) in [6, 6.07) is 7.67. The van der Waals surface area contributed by atoms with Crippen LogP contribution in [0.4, 0.5) is 0 Å². The number of carbonyl (C=O) groups is 1. The van der Waals surface area contributed by atoms with Crippen LogP contribution in [0.25, 0.3) is 0 Å². The van der Waals surface area contributed by atoms with E-state index in [9.17, 15) is 4.79 Å². The summed E-state index contributed by atoms with van der Waals surface area (Å²) in [7, 11) is 1.65. The second-order valence-electron chi connectivity index (χ2n) is 5.43. The summed E-state index contributed by atoms with van der Waals surface area (Å²) in [5.41, 5.74) is 4.06. The highest BCUT2D eigenvalue weighted by molar-refractivity contribution is 6.31. The van der Waals surface area contributed by atoms with E-state index in [4.69, 9.17) is 16.3 Å². The maximum Gasteiger partial charge on any atom is 0.164 e. The van der Waals surface area contributed by atoms with Crippen LogP contribution >= 0.6 is 11.6 Å². The van der Waals surface area contributed by atoms with Crippen LogP contribution in [0.15, 0.2) is 24.3 Å². The lowest BCUT2D eigenvalue weighted by atomic mass is 9.96. The molecule has 2 aromatic rings. The second-order valence-corrected chi connectivity index (χ2v) is 5.84. The first kappa shape index (κ1) is 14.2. The first-order valence-corrected chi connectivity index (χ1v) is 7.53. The number of fused-ring (bicyclic) bond motifs is 1. The fourth-order valence-corrected chi connectivity index (χ4v) is 3.28. The highest BCUT2D eigenvalue weighted by Gasteiger charge is 2.23. The van der Waals surface area contributed by atoms with E-state index in [0.29, 0.717) is 18.0 Å². The van der Waals surface area contributed by atoms with Gasteiger partial charge in [-0.1, -0.05) is 17.7 Å². The van der Waals surface area contributed by atoms with Gasteiger partial charge in [0.2, 0.25) is 0 Å². The SMILES string of the molecule is COc1cccc(Cl)c1Cn1c(C)cc2c1CCCC2=O. The van der Waals surface area contributed by atoms with Gasteiger partial charge >= 0.3 is 0 Å². The summed E-state index contributed by atoms with van der Waals surface area (Å²) < 4.78 is 7.61. The minimum Gasteiger partial charge on any atom is -0.496 e. The number of methoxy groups -OCH3 is 1. The number of benzene rings is 1. The summed E-state index contributed by atoms with van der Waals surface area (Å²) in [5.74, 6) is 1.04. The number of rotatable bonds is 3. The Balaban J connectivity index is 2.06. The maximum absolute atomic E-state index is 12.0. The number of hydrogen-bond acceptors (Lipinski definition) is 2. The Hall–Kier alpha value is -1.74. The van der Waals surface area contributed by atoms with E-state index in [1.165, 1.54) is 0 Å². The lowest BCUT2D eigenvalue weighted by Gasteiger charge is -2.18. The van der Waals surface area contributed by atoms with Crippen molar-refractivity contribution in [2.45, 2.75) is 32.7 Å². The molecule has 1 aromatic heterocycles. The zero-order valence-corrected chi connectivity index (χ0v) is 13.0. The minimum absolute atomic E-state index is 0.254. The minimum atomic E-state index is 0.254. The van der Waals surface area contributed by atoms with Crippen molar-refractivity contribution < 1.29 is 9.53 Å². The summed E-state index contributed by atoms with van der Waals surface area (Å²) in [5, 5.41) is 0.693. The number of aromatic nitrogens is 1. The molecule has 0 spiro atoms. The fourth-order valence-electron chi connectivity index (χ4n) is 3.05. The molecule has 0 fully saturated rings. The summed E-state index contributed by atoms with van der Waals surface area (Å²) >= 11 is 6.33. The van der Waals surface area contributed by atoms with Gasteiger partial charge in [0.25, 0.3) is 0 Å². The molecule has 0 aliphatic heterocycles. The van der Waals surface area contributed by atoms with E-state index < -0.39 is 0 Å². The molecule has 0 N–H and O–H groups in total. The molecule has 3 rings (SSSR count). The Morgan fingerprint density at radius 3 is 2.90 bits per heavy atom. The molecular weight excluding hydrogens is 286 g/mol. The number of hydrogen-bond donors (Lipinski definition) is 0. The third-order valence-corrected chi connectivity index (χ3v) is 4.50. The average molecular weight is 304 g/mol. The Morgan fingerprint density at radius 1 is 1.33 bits per heavy atom. The van der Waals surface area contributed by atoms with Crippen molar-refractivity contribution in [3.8, 4) is 5.75 Å². The zero-order valence-electron chi connectivity index (χ0n) is 12.3. The van der Waals surface area contributed by atoms with Crippen LogP contribution in [0.2, 0.25) is 5.02 Å². The van der Waals surface area contributed by atoms with Gasteiger partial charge in [-0.2, -0.15) is 0 Å². The first-order valence-electron chi connectivity index (χ1n) is 7.15. The molecule has 0 bridgehead atoms. The maximum atomic E-state index is 12.0. The molecule has 0 saturated heterocycles. The fraction of sp³-hybridized carbons (Fsp3) is 0.353. The summed E-state index contributed by atoms with van der Waals surface area (Å²) in [6.07, 6.45) is 2.53. The highest BCUT2D eigenvalue weighted by Crippen LogP contribution is 2.31. The van der Waals surface area contributed by atoms with Crippen LogP contribution in [0, 0.1) is 6.92 Å². The van der Waals surface area contributed by atoms with Gasteiger partial charge in [0.1, 0.15) is 5.75 Å². The van der Waals surface area contributed by atoms with Gasteiger partial charge in [0, 0.05) is 34.0 Å². The predicted octanol–water partition coefficient (Wildman–Crippen LogP) is 4.03. The van der Waals surface area contributed by atoms with E-state index in [2.05, 4.69) is 4.57 Å². The molecule has 4 heteroatoms. The molecule has 1 heterocycles. The van der Waals surface area contributed by atoms with Crippen LogP contribution in [-0.4, -0.2) is 17.5 Å². The molecule has 1 aliphatic carbocycles. The van der Waals surface area contributed by atoms with Crippen LogP contribution in [0.5, 0.6) is 5.75 Å². The molecule has 0 atom stereocenters. The Bertz CT molecular complexity index is 703. The van der Waals surface area contributed by atoms with Crippen LogP contribution in [0.3, 0.4) is 0 Å². The zero-order chi connectivity index (χ0) is 15.0. The van der Waals surface area contributed by atoms with Crippen LogP contribution in [0.1, 0.15) is 40.2 Å². The standard InChI is InChI=1S/C17H18ClNO2/c1-11-9-12-15(6-4-7-16(12)20)19(11)10-13-14(18)5-3-8-17(13)21-2/h3,5,8-9H,4,6-7,10H2,1-2H3. The van der Waals surface area contributed by atoms with Crippen molar-refractivity contribution in [1.82, 2.24) is 4.57 Å². The van der Waals surface area contributed by atoms with Crippen molar-refractivity contribution in [2.75, 3.05) is 7.11 Å². The number of ketones is 1. The van der Waals surface area contributed by atoms with Crippen molar-refractivity contribution in [3.63, 3.8) is 0 Å². The van der Waals surface area contributed by atoms with Gasteiger partial charge in [-0.3, -0.25) is 4.79 Å². The molecule has 0 amide bonds. The van der Waals surface area contributed by atoms with Gasteiger partial charge in [-0.25, -0.2) is 0 Å². The number of halogens is 1. The molecular formula is C17H18ClNO2. The largest absolute Gasteiger partial charge is 0.496 e. The first-order chi connectivity index (χ1) is 10.1. The number of ether oxygens (including phenoxy) is 1. The highest BCUT2D eigenvalue weighted by atomic mass is 35.5. The number of Topliss-reactive ketones (excluding diaryl/α,β-unsaturated/α-hetero) is 1. The van der Waals surface area contributed by atoms with Crippen molar-refractivity contribution in [2.24, 2.45) is 0 Å². The van der Waals surface area contributed by atoms with Crippen molar-refractivity contribution in [1.29, 1.82) is 0 Å². The van der Waals surface area contributed by atoms with Crippen LogP contribution < -0.4 is 4.74 Å². The average Bonchev–Trinajstić information content (AvgIpc) is 2.79. The molecule has 1 aromatic carbocycles. The molecule has 110 valence electrons. The third-order valence-electron chi connectivity index (χ3n) is 4.15. The number of nitrogens with zero attached hydrogens (tertiary/aromatic N) is 1. The predicted molar refractivity (Wildman–Crippen MR) is 83.5 cm³/mol. The van der Waals surface area contributed by atoms with Gasteiger partial charge < -0.3 is 9.30 Å². The normalized spacial score (nSPS) is 14.1. The van der Waals surface area contributed by atoms with E-state index in [1.54, 1.807) is 7.11 Å². The van der Waals surface area contributed by atoms with Crippen LogP contribution in [-0.2, 0) is 13.0 Å². The number of carbonyl (C=O) groups excluding carboxylic acids is 1. The van der Waals surface area contributed by atoms with E-state index in [-0.39, 0.29) is 5.78 Å². The molecule has 0 radical (unpaired) electrons. The molecule has 0 unspecified atom stereocenters. The monoisotopic (exact) mass is 303 g/mol. The lowest BCUT2D eigenvalue weighted by molar-refractivity contribution is 0.0972. The summed E-state index contributed by atoms with van der Waals surface area (Å²) in [4.78, 5) is 12.0. The van der Waals surface area contributed by atoms with Gasteiger partial charge in [-0.15, -0.1) is 0 Å². The van der Waals surface area contributed by atoms with E-state index >= 15 is 0 Å². The smallest absolute Gasteiger partial charge is 0.164 e. The second kappa shape index (κ2) is 5.57.